The van der Waals surface area contributed by atoms with Gasteiger partial charge in [-0.15, -0.1) is 6.58 Å². The minimum Gasteiger partial charge on any atom is -0.480 e. The average molecular weight is 287 g/mol. The molecule has 1 unspecified atom stereocenters. The molecule has 0 fully saturated rings. The molecule has 0 spiro atoms. The standard InChI is InChI=1S/C15H17N3O3/c1-2-15(16,14(21)18-9-13(19)20)7-10-8-17-12-6-4-3-5-11(10)12/h2-6,8,17H,1,7,9,16H2,(H,18,21)(H,19,20). The van der Waals surface area contributed by atoms with Gasteiger partial charge in [0.2, 0.25) is 5.91 Å². The van der Waals surface area contributed by atoms with Gasteiger partial charge in [0.1, 0.15) is 12.1 Å². The van der Waals surface area contributed by atoms with Gasteiger partial charge in [0.25, 0.3) is 0 Å². The minimum atomic E-state index is -1.36. The fourth-order valence-corrected chi connectivity index (χ4v) is 2.16. The first-order valence-corrected chi connectivity index (χ1v) is 6.44. The Bertz CT molecular complexity index is 692. The Balaban J connectivity index is 2.23. The van der Waals surface area contributed by atoms with Gasteiger partial charge in [-0.25, -0.2) is 0 Å². The summed E-state index contributed by atoms with van der Waals surface area (Å²) in [5.74, 6) is -1.69. The molecule has 5 N–H and O–H groups in total. The smallest absolute Gasteiger partial charge is 0.322 e. The molecule has 0 radical (unpaired) electrons. The number of carboxylic acid groups (broad SMARTS) is 1. The Morgan fingerprint density at radius 2 is 2.14 bits per heavy atom. The maximum atomic E-state index is 12.1. The summed E-state index contributed by atoms with van der Waals surface area (Å²) in [5, 5.41) is 11.9. The van der Waals surface area contributed by atoms with Gasteiger partial charge >= 0.3 is 5.97 Å². The lowest BCUT2D eigenvalue weighted by Gasteiger charge is -2.24. The van der Waals surface area contributed by atoms with Crippen LogP contribution in [0.2, 0.25) is 0 Å². The van der Waals surface area contributed by atoms with Gasteiger partial charge in [0.05, 0.1) is 0 Å². The summed E-state index contributed by atoms with van der Waals surface area (Å²) in [7, 11) is 0. The Morgan fingerprint density at radius 1 is 1.43 bits per heavy atom. The highest BCUT2D eigenvalue weighted by Gasteiger charge is 2.31. The molecule has 21 heavy (non-hydrogen) atoms. The van der Waals surface area contributed by atoms with Crippen LogP contribution in [0.4, 0.5) is 0 Å². The van der Waals surface area contributed by atoms with E-state index in [2.05, 4.69) is 16.9 Å². The number of H-pyrrole nitrogens is 1. The molecule has 1 atom stereocenters. The summed E-state index contributed by atoms with van der Waals surface area (Å²) in [4.78, 5) is 25.7. The van der Waals surface area contributed by atoms with Gasteiger partial charge in [-0.05, 0) is 11.6 Å². The number of amides is 1. The first-order chi connectivity index (χ1) is 9.96. The van der Waals surface area contributed by atoms with E-state index in [0.717, 1.165) is 16.5 Å². The molecule has 1 aromatic heterocycles. The van der Waals surface area contributed by atoms with Crippen molar-refractivity contribution in [3.8, 4) is 0 Å². The highest BCUT2D eigenvalue weighted by Crippen LogP contribution is 2.22. The average Bonchev–Trinajstić information content (AvgIpc) is 2.87. The van der Waals surface area contributed by atoms with Crippen molar-refractivity contribution in [3.63, 3.8) is 0 Å². The van der Waals surface area contributed by atoms with Crippen LogP contribution in [0.15, 0.2) is 43.1 Å². The maximum Gasteiger partial charge on any atom is 0.322 e. The van der Waals surface area contributed by atoms with Gasteiger partial charge in [-0.1, -0.05) is 24.3 Å². The van der Waals surface area contributed by atoms with Crippen LogP contribution >= 0.6 is 0 Å². The Kier molecular flexibility index (Phi) is 4.09. The fourth-order valence-electron chi connectivity index (χ4n) is 2.16. The number of carboxylic acids is 1. The van der Waals surface area contributed by atoms with E-state index in [0.29, 0.717) is 0 Å². The Labute approximate surface area is 121 Å². The van der Waals surface area contributed by atoms with Crippen LogP contribution in [0.5, 0.6) is 0 Å². The van der Waals surface area contributed by atoms with Crippen molar-refractivity contribution in [2.24, 2.45) is 5.73 Å². The Hall–Kier alpha value is -2.60. The van der Waals surface area contributed by atoms with Gasteiger partial charge in [0.15, 0.2) is 0 Å². The lowest BCUT2D eigenvalue weighted by atomic mass is 9.90. The number of nitrogens with one attached hydrogen (secondary N) is 2. The number of aromatic nitrogens is 1. The topological polar surface area (TPSA) is 108 Å². The van der Waals surface area contributed by atoms with Crippen LogP contribution < -0.4 is 11.1 Å². The molecule has 0 saturated carbocycles. The number of benzene rings is 1. The molecule has 2 aromatic rings. The zero-order valence-electron chi connectivity index (χ0n) is 11.4. The summed E-state index contributed by atoms with van der Waals surface area (Å²) < 4.78 is 0. The molecule has 2 rings (SSSR count). The van der Waals surface area contributed by atoms with E-state index in [1.807, 2.05) is 24.3 Å². The van der Waals surface area contributed by atoms with Crippen molar-refractivity contribution in [1.82, 2.24) is 10.3 Å². The Morgan fingerprint density at radius 3 is 2.81 bits per heavy atom. The summed E-state index contributed by atoms with van der Waals surface area (Å²) in [6, 6.07) is 7.66. The van der Waals surface area contributed by atoms with Crippen molar-refractivity contribution in [3.05, 3.63) is 48.7 Å². The minimum absolute atomic E-state index is 0.228. The van der Waals surface area contributed by atoms with Crippen molar-refractivity contribution in [1.29, 1.82) is 0 Å². The summed E-state index contributed by atoms with van der Waals surface area (Å²) >= 11 is 0. The van der Waals surface area contributed by atoms with E-state index in [9.17, 15) is 9.59 Å². The lowest BCUT2D eigenvalue weighted by molar-refractivity contribution is -0.138. The largest absolute Gasteiger partial charge is 0.480 e. The number of para-hydroxylation sites is 1. The molecule has 0 bridgehead atoms. The predicted molar refractivity (Wildman–Crippen MR) is 79.8 cm³/mol. The normalized spacial score (nSPS) is 13.6. The van der Waals surface area contributed by atoms with Crippen LogP contribution in [0.1, 0.15) is 5.56 Å². The number of hydrogen-bond acceptors (Lipinski definition) is 3. The molecule has 110 valence electrons. The molecule has 6 heteroatoms. The molecule has 0 aliphatic rings. The second-order valence-electron chi connectivity index (χ2n) is 4.86. The van der Waals surface area contributed by atoms with Crippen LogP contribution in [0.3, 0.4) is 0 Å². The monoisotopic (exact) mass is 287 g/mol. The first-order valence-electron chi connectivity index (χ1n) is 6.44. The number of aliphatic carboxylic acids is 1. The zero-order chi connectivity index (χ0) is 15.5. The molecule has 1 heterocycles. The lowest BCUT2D eigenvalue weighted by Crippen LogP contribution is -2.54. The third-order valence-corrected chi connectivity index (χ3v) is 3.35. The van der Waals surface area contributed by atoms with Crippen LogP contribution in [0.25, 0.3) is 10.9 Å². The molecule has 1 amide bonds. The molecule has 6 nitrogen and oxygen atoms in total. The SMILES string of the molecule is C=CC(N)(Cc1c[nH]c2ccccc12)C(=O)NCC(=O)O. The third-order valence-electron chi connectivity index (χ3n) is 3.35. The number of fused-ring (bicyclic) bond motifs is 1. The van der Waals surface area contributed by atoms with Gasteiger partial charge in [0, 0.05) is 23.5 Å². The molecular weight excluding hydrogens is 270 g/mol. The quantitative estimate of drug-likeness (QED) is 0.589. The van der Waals surface area contributed by atoms with Crippen molar-refractivity contribution < 1.29 is 14.7 Å². The van der Waals surface area contributed by atoms with E-state index < -0.39 is 24.0 Å². The first kappa shape index (κ1) is 14.8. The number of aromatic amines is 1. The number of carbonyl (C=O) groups is 2. The van der Waals surface area contributed by atoms with Gasteiger partial charge in [-0.2, -0.15) is 0 Å². The van der Waals surface area contributed by atoms with Gasteiger partial charge in [-0.3, -0.25) is 9.59 Å². The van der Waals surface area contributed by atoms with E-state index in [-0.39, 0.29) is 6.42 Å². The molecular formula is C15H17N3O3. The summed E-state index contributed by atoms with van der Waals surface area (Å²) in [5.41, 5.74) is 6.53. The van der Waals surface area contributed by atoms with E-state index in [4.69, 9.17) is 10.8 Å². The van der Waals surface area contributed by atoms with Gasteiger partial charge < -0.3 is 21.1 Å². The van der Waals surface area contributed by atoms with E-state index >= 15 is 0 Å². The maximum absolute atomic E-state index is 12.1. The summed E-state index contributed by atoms with van der Waals surface area (Å²) in [6.45, 7) is 3.13. The fraction of sp³-hybridized carbons (Fsp3) is 0.200. The zero-order valence-corrected chi connectivity index (χ0v) is 11.4. The van der Waals surface area contributed by atoms with Crippen molar-refractivity contribution in [2.45, 2.75) is 12.0 Å². The number of nitrogens with two attached hydrogens (primary N) is 1. The van der Waals surface area contributed by atoms with Crippen molar-refractivity contribution >= 4 is 22.8 Å². The van der Waals surface area contributed by atoms with Crippen LogP contribution in [0, 0.1) is 0 Å². The molecule has 0 aliphatic heterocycles. The molecule has 0 aliphatic carbocycles. The van der Waals surface area contributed by atoms with Crippen LogP contribution in [-0.4, -0.2) is 34.1 Å². The second-order valence-corrected chi connectivity index (χ2v) is 4.86. The highest BCUT2D eigenvalue weighted by molar-refractivity contribution is 5.92. The molecule has 1 aromatic carbocycles. The second kappa shape index (κ2) is 5.80. The summed E-state index contributed by atoms with van der Waals surface area (Å²) in [6.07, 6.45) is 3.36. The van der Waals surface area contributed by atoms with Crippen LogP contribution in [-0.2, 0) is 16.0 Å². The predicted octanol–water partition coefficient (Wildman–Crippen LogP) is 0.795. The number of carbonyl (C=O) groups excluding carboxylic acids is 1. The van der Waals surface area contributed by atoms with Crippen molar-refractivity contribution in [2.75, 3.05) is 6.54 Å². The number of rotatable bonds is 6. The van der Waals surface area contributed by atoms with E-state index in [1.54, 1.807) is 6.20 Å². The third kappa shape index (κ3) is 3.11. The number of hydrogen-bond donors (Lipinski definition) is 4. The molecule has 0 saturated heterocycles. The van der Waals surface area contributed by atoms with E-state index in [1.165, 1.54) is 6.08 Å². The highest BCUT2D eigenvalue weighted by atomic mass is 16.4.